The van der Waals surface area contributed by atoms with Crippen LogP contribution in [0.5, 0.6) is 0 Å². The van der Waals surface area contributed by atoms with Gasteiger partial charge in [0.05, 0.1) is 19.2 Å². The number of carboxylic acids is 1. The van der Waals surface area contributed by atoms with Crippen LogP contribution >= 0.6 is 0 Å². The van der Waals surface area contributed by atoms with Gasteiger partial charge in [0, 0.05) is 36.6 Å². The Morgan fingerprint density at radius 1 is 1.16 bits per heavy atom. The maximum atomic E-state index is 13.7. The number of nitrogens with one attached hydrogen (secondary N) is 1. The first-order chi connectivity index (χ1) is 17.7. The number of aromatic nitrogens is 1. The molecule has 0 aliphatic heterocycles. The van der Waals surface area contributed by atoms with Gasteiger partial charge in [-0.25, -0.2) is 9.78 Å². The van der Waals surface area contributed by atoms with E-state index in [0.29, 0.717) is 24.5 Å². The summed E-state index contributed by atoms with van der Waals surface area (Å²) in [6, 6.07) is 8.43. The van der Waals surface area contributed by atoms with Gasteiger partial charge in [-0.05, 0) is 31.6 Å². The summed E-state index contributed by atoms with van der Waals surface area (Å²) in [5.74, 6) is -1.98. The summed E-state index contributed by atoms with van der Waals surface area (Å²) in [5, 5.41) is 14.7. The van der Waals surface area contributed by atoms with Crippen LogP contribution < -0.4 is 61.8 Å². The van der Waals surface area contributed by atoms with E-state index in [4.69, 9.17) is 13.9 Å². The zero-order valence-electron chi connectivity index (χ0n) is 22.9. The molecule has 2 aromatic rings. The Morgan fingerprint density at radius 3 is 2.45 bits per heavy atom. The number of carboxylic acid groups (broad SMARTS) is 1. The summed E-state index contributed by atoms with van der Waals surface area (Å²) < 4.78 is 16.4. The first-order valence-electron chi connectivity index (χ1n) is 12.9. The summed E-state index contributed by atoms with van der Waals surface area (Å²) in [6.45, 7) is 4.32. The summed E-state index contributed by atoms with van der Waals surface area (Å²) in [5.41, 5.74) is -0.0561. The molecule has 1 aliphatic rings. The Kier molecular flexibility index (Phi) is 13.6. The second-order valence-electron chi connectivity index (χ2n) is 10.2. The van der Waals surface area contributed by atoms with Crippen LogP contribution in [0.3, 0.4) is 0 Å². The fourth-order valence-corrected chi connectivity index (χ4v) is 4.78. The van der Waals surface area contributed by atoms with Crippen molar-refractivity contribution in [2.45, 2.75) is 64.8 Å². The average Bonchev–Trinajstić information content (AvgIpc) is 3.55. The molecule has 0 saturated heterocycles. The topological polar surface area (TPSA) is 131 Å². The molecule has 1 saturated carbocycles. The van der Waals surface area contributed by atoms with Crippen LogP contribution in [-0.2, 0) is 30.3 Å². The van der Waals surface area contributed by atoms with Gasteiger partial charge in [0.2, 0.25) is 5.91 Å². The standard InChI is InChI=1S/C28H38N2O7.K/c1-19(2)18-36-26(33)22(15-24-29-17-23(37-24)20-9-5-4-6-10-20)30-27(34)28(12-7-8-13-28)16-21(25(31)32)11-14-35-3;/h4-6,9-10,17,19,21-22H,7-8,11-16,18H2,1-3H3,(H,30,34)(H,31,32);/q;+1/p-1/t21-,22+;/m1./s1. The molecule has 1 aliphatic carbocycles. The van der Waals surface area contributed by atoms with Crippen molar-refractivity contribution in [1.82, 2.24) is 10.3 Å². The largest absolute Gasteiger partial charge is 1.00 e. The van der Waals surface area contributed by atoms with Gasteiger partial charge in [-0.3, -0.25) is 4.79 Å². The van der Waals surface area contributed by atoms with Crippen molar-refractivity contribution < 1.29 is 84.8 Å². The second-order valence-corrected chi connectivity index (χ2v) is 10.2. The van der Waals surface area contributed by atoms with Crippen molar-refractivity contribution in [2.75, 3.05) is 20.3 Å². The van der Waals surface area contributed by atoms with Crippen LogP contribution in [0.15, 0.2) is 40.9 Å². The predicted molar refractivity (Wildman–Crippen MR) is 134 cm³/mol. The molecule has 1 fully saturated rings. The normalized spacial score (nSPS) is 15.9. The summed E-state index contributed by atoms with van der Waals surface area (Å²) in [6.07, 6.45) is 4.68. The number of hydrogen-bond acceptors (Lipinski definition) is 8. The van der Waals surface area contributed by atoms with E-state index in [9.17, 15) is 19.5 Å². The SMILES string of the molecule is COCC[C@H](CC1(C(=O)N[C@@H](Cc2ncc(-c3ccccc3)o2)C(=O)OCC(C)C)CCCC1)C(=O)[O-].[K+]. The number of carbonyl (C=O) groups is 3. The fourth-order valence-electron chi connectivity index (χ4n) is 4.78. The Labute approximate surface area is 266 Å². The molecule has 1 heterocycles. The number of oxazole rings is 1. The van der Waals surface area contributed by atoms with E-state index >= 15 is 0 Å². The number of amides is 1. The molecule has 1 aromatic carbocycles. The number of methoxy groups -OCH3 is 1. The zero-order chi connectivity index (χ0) is 26.8. The van der Waals surface area contributed by atoms with Crippen molar-refractivity contribution in [3.05, 3.63) is 42.4 Å². The van der Waals surface area contributed by atoms with Crippen molar-refractivity contribution in [1.29, 1.82) is 0 Å². The summed E-state index contributed by atoms with van der Waals surface area (Å²) in [4.78, 5) is 42.8. The Balaban J connectivity index is 0.00000507. The molecule has 9 nitrogen and oxygen atoms in total. The number of rotatable bonds is 14. The number of esters is 1. The Morgan fingerprint density at radius 2 is 1.84 bits per heavy atom. The van der Waals surface area contributed by atoms with E-state index in [1.54, 1.807) is 6.20 Å². The minimum atomic E-state index is -1.20. The quantitative estimate of drug-likeness (QED) is 0.255. The molecule has 1 aromatic heterocycles. The molecule has 2 atom stereocenters. The van der Waals surface area contributed by atoms with Crippen LogP contribution in [0.25, 0.3) is 11.3 Å². The van der Waals surface area contributed by atoms with Gasteiger partial charge >= 0.3 is 57.4 Å². The van der Waals surface area contributed by atoms with Gasteiger partial charge in [-0.2, -0.15) is 0 Å². The number of carbonyl (C=O) groups excluding carboxylic acids is 3. The smallest absolute Gasteiger partial charge is 0.550 e. The van der Waals surface area contributed by atoms with Gasteiger partial charge in [0.15, 0.2) is 11.7 Å². The van der Waals surface area contributed by atoms with Gasteiger partial charge in [-0.1, -0.05) is 57.0 Å². The Hall–Kier alpha value is -1.56. The molecule has 1 amide bonds. The van der Waals surface area contributed by atoms with Crippen LogP contribution in [0.4, 0.5) is 0 Å². The zero-order valence-corrected chi connectivity index (χ0v) is 26.0. The van der Waals surface area contributed by atoms with E-state index in [2.05, 4.69) is 10.3 Å². The molecular formula is C28H37KN2O7. The van der Waals surface area contributed by atoms with Crippen LogP contribution in [0, 0.1) is 17.3 Å². The predicted octanol–water partition coefficient (Wildman–Crippen LogP) is -0.0748. The molecule has 1 N–H and O–H groups in total. The maximum Gasteiger partial charge on any atom is 1.00 e. The third kappa shape index (κ3) is 9.27. The third-order valence-electron chi connectivity index (χ3n) is 6.82. The first-order valence-corrected chi connectivity index (χ1v) is 12.9. The minimum Gasteiger partial charge on any atom is -0.550 e. The monoisotopic (exact) mass is 552 g/mol. The van der Waals surface area contributed by atoms with Crippen LogP contribution in [0.2, 0.25) is 0 Å². The Bertz CT molecular complexity index is 1030. The van der Waals surface area contributed by atoms with E-state index in [-0.39, 0.29) is 95.7 Å². The third-order valence-corrected chi connectivity index (χ3v) is 6.82. The minimum absolute atomic E-state index is 0. The second kappa shape index (κ2) is 15.9. The van der Waals surface area contributed by atoms with E-state index < -0.39 is 29.3 Å². The van der Waals surface area contributed by atoms with Crippen molar-refractivity contribution in [2.24, 2.45) is 17.3 Å². The van der Waals surface area contributed by atoms with Crippen LogP contribution in [-0.4, -0.2) is 49.2 Å². The number of hydrogen-bond donors (Lipinski definition) is 1. The van der Waals surface area contributed by atoms with Crippen molar-refractivity contribution >= 4 is 17.8 Å². The number of aliphatic carboxylic acids is 1. The fraction of sp³-hybridized carbons (Fsp3) is 0.571. The van der Waals surface area contributed by atoms with E-state index in [1.807, 2.05) is 44.2 Å². The molecule has 0 unspecified atom stereocenters. The summed E-state index contributed by atoms with van der Waals surface area (Å²) >= 11 is 0. The molecule has 10 heteroatoms. The molecule has 3 rings (SSSR count). The van der Waals surface area contributed by atoms with Crippen molar-refractivity contribution in [3.8, 4) is 11.3 Å². The van der Waals surface area contributed by atoms with Crippen molar-refractivity contribution in [3.63, 3.8) is 0 Å². The summed E-state index contributed by atoms with van der Waals surface area (Å²) in [7, 11) is 1.50. The molecular weight excluding hydrogens is 515 g/mol. The molecule has 38 heavy (non-hydrogen) atoms. The van der Waals surface area contributed by atoms with E-state index in [1.165, 1.54) is 7.11 Å². The van der Waals surface area contributed by atoms with Gasteiger partial charge in [0.25, 0.3) is 0 Å². The number of benzene rings is 1. The van der Waals surface area contributed by atoms with Crippen LogP contribution in [0.1, 0.15) is 58.3 Å². The maximum absolute atomic E-state index is 13.7. The van der Waals surface area contributed by atoms with Gasteiger partial charge < -0.3 is 29.1 Å². The molecule has 0 spiro atoms. The van der Waals surface area contributed by atoms with Gasteiger partial charge in [-0.15, -0.1) is 0 Å². The van der Waals surface area contributed by atoms with E-state index in [0.717, 1.165) is 18.4 Å². The molecule has 0 radical (unpaired) electrons. The van der Waals surface area contributed by atoms with Gasteiger partial charge in [0.1, 0.15) is 6.04 Å². The number of nitrogens with zero attached hydrogens (tertiary/aromatic N) is 1. The first kappa shape index (κ1) is 32.6. The number of ether oxygens (including phenoxy) is 2. The molecule has 0 bridgehead atoms. The molecule has 202 valence electrons. The average molecular weight is 553 g/mol.